The Balaban J connectivity index is 2.87. The molecule has 0 fully saturated rings. The fourth-order valence-electron chi connectivity index (χ4n) is 2.15. The maximum Gasteiger partial charge on any atom is 0.119 e. The molecule has 1 N–H and O–H groups in total. The average Bonchev–Trinajstić information content (AvgIpc) is 2.37. The van der Waals surface area contributed by atoms with Crippen LogP contribution in [0.4, 0.5) is 0 Å². The van der Waals surface area contributed by atoms with E-state index in [4.69, 9.17) is 4.74 Å². The van der Waals surface area contributed by atoms with E-state index in [9.17, 15) is 0 Å². The van der Waals surface area contributed by atoms with Crippen molar-refractivity contribution in [2.24, 2.45) is 11.3 Å². The Kier molecular flexibility index (Phi) is 5.86. The Hall–Kier alpha value is -1.02. The lowest BCUT2D eigenvalue weighted by Gasteiger charge is -2.31. The zero-order valence-electron chi connectivity index (χ0n) is 13.3. The number of ether oxygens (including phenoxy) is 1. The largest absolute Gasteiger partial charge is 0.497 e. The van der Waals surface area contributed by atoms with E-state index in [2.05, 4.69) is 58.1 Å². The molecule has 2 heteroatoms. The molecule has 0 aliphatic carbocycles. The first kappa shape index (κ1) is 16.0. The predicted octanol–water partition coefficient (Wildman–Crippen LogP) is 4.42. The van der Waals surface area contributed by atoms with Gasteiger partial charge in [0.2, 0.25) is 0 Å². The molecule has 2 nitrogen and oxygen atoms in total. The number of rotatable bonds is 6. The molecule has 2 atom stereocenters. The summed E-state index contributed by atoms with van der Waals surface area (Å²) in [6, 6.07) is 8.79. The third-order valence-corrected chi connectivity index (χ3v) is 4.01. The van der Waals surface area contributed by atoms with Crippen LogP contribution in [0.25, 0.3) is 0 Å². The SMILES string of the molecule is CCNC(CC(C)C(C)(C)C)c1cccc(OC)c1. The number of benzene rings is 1. The summed E-state index contributed by atoms with van der Waals surface area (Å²) in [5.74, 6) is 1.59. The molecule has 1 aromatic carbocycles. The molecule has 0 saturated carbocycles. The fourth-order valence-corrected chi connectivity index (χ4v) is 2.15. The van der Waals surface area contributed by atoms with Crippen LogP contribution in [0.15, 0.2) is 24.3 Å². The molecule has 0 amide bonds. The van der Waals surface area contributed by atoms with E-state index in [1.807, 2.05) is 6.07 Å². The zero-order valence-corrected chi connectivity index (χ0v) is 13.3. The highest BCUT2D eigenvalue weighted by Gasteiger charge is 2.24. The number of methoxy groups -OCH3 is 1. The van der Waals surface area contributed by atoms with Gasteiger partial charge in [0, 0.05) is 6.04 Å². The number of hydrogen-bond donors (Lipinski definition) is 1. The molecule has 0 spiro atoms. The van der Waals surface area contributed by atoms with Crippen molar-refractivity contribution >= 4 is 0 Å². The summed E-state index contributed by atoms with van der Waals surface area (Å²) in [5.41, 5.74) is 1.66. The first-order valence-electron chi connectivity index (χ1n) is 7.25. The van der Waals surface area contributed by atoms with Crippen LogP contribution in [0.1, 0.15) is 52.6 Å². The second kappa shape index (κ2) is 6.95. The van der Waals surface area contributed by atoms with Gasteiger partial charge in [-0.1, -0.05) is 46.8 Å². The molecule has 0 bridgehead atoms. The molecule has 0 saturated heterocycles. The van der Waals surface area contributed by atoms with E-state index in [1.165, 1.54) is 5.56 Å². The van der Waals surface area contributed by atoms with E-state index in [0.717, 1.165) is 18.7 Å². The highest BCUT2D eigenvalue weighted by molar-refractivity contribution is 5.30. The first-order valence-corrected chi connectivity index (χ1v) is 7.25. The topological polar surface area (TPSA) is 21.3 Å². The van der Waals surface area contributed by atoms with Gasteiger partial charge in [-0.2, -0.15) is 0 Å². The van der Waals surface area contributed by atoms with Gasteiger partial charge in [0.25, 0.3) is 0 Å². The van der Waals surface area contributed by atoms with E-state index >= 15 is 0 Å². The van der Waals surface area contributed by atoms with Crippen molar-refractivity contribution in [3.63, 3.8) is 0 Å². The van der Waals surface area contributed by atoms with E-state index in [0.29, 0.717) is 17.4 Å². The smallest absolute Gasteiger partial charge is 0.119 e. The second-order valence-corrected chi connectivity index (χ2v) is 6.39. The Bertz CT molecular complexity index is 381. The van der Waals surface area contributed by atoms with Crippen molar-refractivity contribution in [2.45, 2.75) is 47.1 Å². The molecule has 0 aliphatic heterocycles. The van der Waals surface area contributed by atoms with Crippen molar-refractivity contribution in [1.82, 2.24) is 5.32 Å². The molecule has 1 aromatic rings. The van der Waals surface area contributed by atoms with Crippen LogP contribution in [0.2, 0.25) is 0 Å². The Morgan fingerprint density at radius 2 is 1.95 bits per heavy atom. The lowest BCUT2D eigenvalue weighted by atomic mass is 9.77. The summed E-state index contributed by atoms with van der Waals surface area (Å²) in [6.07, 6.45) is 1.14. The molecule has 2 unspecified atom stereocenters. The highest BCUT2D eigenvalue weighted by atomic mass is 16.5. The molecular weight excluding hydrogens is 234 g/mol. The molecule has 19 heavy (non-hydrogen) atoms. The summed E-state index contributed by atoms with van der Waals surface area (Å²) < 4.78 is 5.33. The molecule has 0 aliphatic rings. The van der Waals surface area contributed by atoms with Gasteiger partial charge in [-0.15, -0.1) is 0 Å². The quantitative estimate of drug-likeness (QED) is 0.820. The van der Waals surface area contributed by atoms with Crippen molar-refractivity contribution in [3.8, 4) is 5.75 Å². The minimum Gasteiger partial charge on any atom is -0.497 e. The predicted molar refractivity (Wildman–Crippen MR) is 82.6 cm³/mol. The maximum atomic E-state index is 5.33. The van der Waals surface area contributed by atoms with E-state index < -0.39 is 0 Å². The van der Waals surface area contributed by atoms with Gasteiger partial charge >= 0.3 is 0 Å². The lowest BCUT2D eigenvalue weighted by molar-refractivity contribution is 0.224. The number of nitrogens with one attached hydrogen (secondary N) is 1. The van der Waals surface area contributed by atoms with Crippen molar-refractivity contribution in [2.75, 3.05) is 13.7 Å². The Morgan fingerprint density at radius 3 is 2.47 bits per heavy atom. The van der Waals surface area contributed by atoms with E-state index in [1.54, 1.807) is 7.11 Å². The third-order valence-electron chi connectivity index (χ3n) is 4.01. The Labute approximate surface area is 118 Å². The number of hydrogen-bond acceptors (Lipinski definition) is 2. The van der Waals surface area contributed by atoms with E-state index in [-0.39, 0.29) is 0 Å². The van der Waals surface area contributed by atoms with Gasteiger partial charge in [0.1, 0.15) is 5.75 Å². The average molecular weight is 263 g/mol. The fraction of sp³-hybridized carbons (Fsp3) is 0.647. The molecular formula is C17H29NO. The third kappa shape index (κ3) is 4.87. The summed E-state index contributed by atoms with van der Waals surface area (Å²) in [5, 5.41) is 3.60. The van der Waals surface area contributed by atoms with Crippen LogP contribution >= 0.6 is 0 Å². The summed E-state index contributed by atoms with van der Waals surface area (Å²) >= 11 is 0. The molecule has 1 rings (SSSR count). The van der Waals surface area contributed by atoms with Crippen LogP contribution < -0.4 is 10.1 Å². The van der Waals surface area contributed by atoms with Gasteiger partial charge in [-0.05, 0) is 42.0 Å². The van der Waals surface area contributed by atoms with Crippen LogP contribution in [-0.4, -0.2) is 13.7 Å². The van der Waals surface area contributed by atoms with Gasteiger partial charge in [0.15, 0.2) is 0 Å². The second-order valence-electron chi connectivity index (χ2n) is 6.39. The molecule has 0 aromatic heterocycles. The first-order chi connectivity index (χ1) is 8.88. The minimum absolute atomic E-state index is 0.340. The van der Waals surface area contributed by atoms with Crippen molar-refractivity contribution < 1.29 is 4.74 Å². The van der Waals surface area contributed by atoms with Gasteiger partial charge in [-0.25, -0.2) is 0 Å². The summed E-state index contributed by atoms with van der Waals surface area (Å²) in [4.78, 5) is 0. The van der Waals surface area contributed by atoms with Crippen LogP contribution in [0, 0.1) is 11.3 Å². The van der Waals surface area contributed by atoms with Crippen molar-refractivity contribution in [1.29, 1.82) is 0 Å². The normalized spacial score (nSPS) is 15.1. The Morgan fingerprint density at radius 1 is 1.26 bits per heavy atom. The van der Waals surface area contributed by atoms with Crippen LogP contribution in [0.3, 0.4) is 0 Å². The summed E-state index contributed by atoms with van der Waals surface area (Å²) in [7, 11) is 1.72. The zero-order chi connectivity index (χ0) is 14.5. The molecule has 0 radical (unpaired) electrons. The van der Waals surface area contributed by atoms with Gasteiger partial charge in [0.05, 0.1) is 7.11 Å². The van der Waals surface area contributed by atoms with Crippen LogP contribution in [-0.2, 0) is 0 Å². The van der Waals surface area contributed by atoms with Gasteiger partial charge in [-0.3, -0.25) is 0 Å². The summed E-state index contributed by atoms with van der Waals surface area (Å²) in [6.45, 7) is 12.4. The molecule has 0 heterocycles. The monoisotopic (exact) mass is 263 g/mol. The highest BCUT2D eigenvalue weighted by Crippen LogP contribution is 2.33. The standard InChI is InChI=1S/C17H29NO/c1-7-18-16(11-13(2)17(3,4)5)14-9-8-10-15(12-14)19-6/h8-10,12-13,16,18H,7,11H2,1-6H3. The minimum atomic E-state index is 0.340. The molecule has 108 valence electrons. The maximum absolute atomic E-state index is 5.33. The van der Waals surface area contributed by atoms with Crippen LogP contribution in [0.5, 0.6) is 5.75 Å². The van der Waals surface area contributed by atoms with Crippen molar-refractivity contribution in [3.05, 3.63) is 29.8 Å². The lowest BCUT2D eigenvalue weighted by Crippen LogP contribution is -2.27. The van der Waals surface area contributed by atoms with Gasteiger partial charge < -0.3 is 10.1 Å².